The van der Waals surface area contributed by atoms with Crippen molar-refractivity contribution in [2.75, 3.05) is 28.8 Å². The highest BCUT2D eigenvalue weighted by Gasteiger charge is 2.12. The van der Waals surface area contributed by atoms with Crippen LogP contribution >= 0.6 is 11.8 Å². The van der Waals surface area contributed by atoms with E-state index in [9.17, 15) is 9.59 Å². The average Bonchev–Trinajstić information content (AvgIpc) is 2.61. The quantitative estimate of drug-likeness (QED) is 0.865. The van der Waals surface area contributed by atoms with E-state index in [-0.39, 0.29) is 23.3 Å². The largest absolute Gasteiger partial charge is 0.325 e. The monoisotopic (exact) mass is 353 g/mol. The second-order valence-electron chi connectivity index (χ2n) is 5.53. The lowest BCUT2D eigenvalue weighted by Gasteiger charge is -2.17. The standard InChI is InChI=1S/C19H19N3O2S/c1-14-5-3-7-16(9-14)21-18(23)12-25-13-19(24)22(2)17-8-4-6-15(10-17)11-20/h3-10H,12-13H2,1-2H3,(H,21,23). The first kappa shape index (κ1) is 18.6. The average molecular weight is 353 g/mol. The van der Waals surface area contributed by atoms with Crippen molar-refractivity contribution in [3.8, 4) is 6.07 Å². The Labute approximate surface area is 151 Å². The number of hydrogen-bond acceptors (Lipinski definition) is 4. The lowest BCUT2D eigenvalue weighted by atomic mass is 10.2. The van der Waals surface area contributed by atoms with E-state index < -0.39 is 0 Å². The lowest BCUT2D eigenvalue weighted by Crippen LogP contribution is -2.28. The molecule has 1 N–H and O–H groups in total. The Bertz CT molecular complexity index is 814. The number of anilines is 2. The minimum Gasteiger partial charge on any atom is -0.325 e. The van der Waals surface area contributed by atoms with Gasteiger partial charge in [-0.25, -0.2) is 0 Å². The van der Waals surface area contributed by atoms with E-state index in [0.717, 1.165) is 11.3 Å². The Hall–Kier alpha value is -2.78. The first-order valence-corrected chi connectivity index (χ1v) is 8.86. The van der Waals surface area contributed by atoms with E-state index in [1.165, 1.54) is 16.7 Å². The van der Waals surface area contributed by atoms with Gasteiger partial charge in [-0.2, -0.15) is 5.26 Å². The summed E-state index contributed by atoms with van der Waals surface area (Å²) < 4.78 is 0. The smallest absolute Gasteiger partial charge is 0.236 e. The number of benzene rings is 2. The van der Waals surface area contributed by atoms with E-state index in [0.29, 0.717) is 11.3 Å². The SMILES string of the molecule is Cc1cccc(NC(=O)CSCC(=O)N(C)c2cccc(C#N)c2)c1. The predicted molar refractivity (Wildman–Crippen MR) is 102 cm³/mol. The fraction of sp³-hybridized carbons (Fsp3) is 0.211. The zero-order chi connectivity index (χ0) is 18.2. The second kappa shape index (κ2) is 8.90. The molecule has 6 heteroatoms. The highest BCUT2D eigenvalue weighted by atomic mass is 32.2. The van der Waals surface area contributed by atoms with Crippen LogP contribution in [0.4, 0.5) is 11.4 Å². The molecule has 0 heterocycles. The Morgan fingerprint density at radius 1 is 1.16 bits per heavy atom. The lowest BCUT2D eigenvalue weighted by molar-refractivity contribution is -0.115. The maximum Gasteiger partial charge on any atom is 0.236 e. The van der Waals surface area contributed by atoms with E-state index in [1.54, 1.807) is 31.3 Å². The van der Waals surface area contributed by atoms with Crippen molar-refractivity contribution in [1.29, 1.82) is 5.26 Å². The number of carbonyl (C=O) groups is 2. The number of rotatable bonds is 6. The predicted octanol–water partition coefficient (Wildman–Crippen LogP) is 3.20. The molecule has 0 spiro atoms. The molecule has 128 valence electrons. The third-order valence-corrected chi connectivity index (χ3v) is 4.41. The number of nitriles is 1. The topological polar surface area (TPSA) is 73.2 Å². The summed E-state index contributed by atoms with van der Waals surface area (Å²) in [6.07, 6.45) is 0. The molecule has 0 atom stereocenters. The molecule has 2 rings (SSSR count). The third-order valence-electron chi connectivity index (χ3n) is 3.50. The maximum atomic E-state index is 12.2. The second-order valence-corrected chi connectivity index (χ2v) is 6.51. The van der Waals surface area contributed by atoms with E-state index in [1.807, 2.05) is 31.2 Å². The van der Waals surface area contributed by atoms with Crippen LogP contribution in [0.1, 0.15) is 11.1 Å². The fourth-order valence-corrected chi connectivity index (χ4v) is 2.90. The van der Waals surface area contributed by atoms with E-state index in [4.69, 9.17) is 5.26 Å². The first-order chi connectivity index (χ1) is 12.0. The molecule has 0 aromatic heterocycles. The van der Waals surface area contributed by atoms with Crippen LogP contribution in [0.3, 0.4) is 0 Å². The molecule has 0 saturated carbocycles. The molecule has 2 aromatic carbocycles. The van der Waals surface area contributed by atoms with Gasteiger partial charge in [-0.1, -0.05) is 18.2 Å². The molecular weight excluding hydrogens is 334 g/mol. The van der Waals surface area contributed by atoms with Crippen LogP contribution < -0.4 is 10.2 Å². The Balaban J connectivity index is 1.81. The van der Waals surface area contributed by atoms with Gasteiger partial charge in [0, 0.05) is 18.4 Å². The summed E-state index contributed by atoms with van der Waals surface area (Å²) in [6.45, 7) is 1.96. The number of amides is 2. The third kappa shape index (κ3) is 5.66. The van der Waals surface area contributed by atoms with Crippen molar-refractivity contribution < 1.29 is 9.59 Å². The molecule has 0 fully saturated rings. The van der Waals surface area contributed by atoms with Crippen molar-refractivity contribution in [3.63, 3.8) is 0 Å². The van der Waals surface area contributed by atoms with Crippen LogP contribution in [0, 0.1) is 18.3 Å². The van der Waals surface area contributed by atoms with Gasteiger partial charge < -0.3 is 10.2 Å². The Kier molecular flexibility index (Phi) is 6.61. The summed E-state index contributed by atoms with van der Waals surface area (Å²) in [6, 6.07) is 16.5. The van der Waals surface area contributed by atoms with Crippen LogP contribution in [0.5, 0.6) is 0 Å². The van der Waals surface area contributed by atoms with Gasteiger partial charge in [-0.05, 0) is 42.8 Å². The summed E-state index contributed by atoms with van der Waals surface area (Å²) in [4.78, 5) is 25.6. The van der Waals surface area contributed by atoms with Crippen LogP contribution in [-0.4, -0.2) is 30.4 Å². The zero-order valence-corrected chi connectivity index (χ0v) is 15.0. The van der Waals surface area contributed by atoms with Crippen LogP contribution in [0.2, 0.25) is 0 Å². The van der Waals surface area contributed by atoms with Gasteiger partial charge in [0.1, 0.15) is 0 Å². The first-order valence-electron chi connectivity index (χ1n) is 7.70. The van der Waals surface area contributed by atoms with Crippen molar-refractivity contribution in [3.05, 3.63) is 59.7 Å². The normalized spacial score (nSPS) is 9.96. The summed E-state index contributed by atoms with van der Waals surface area (Å²) in [7, 11) is 1.66. The number of thioether (sulfide) groups is 1. The van der Waals surface area contributed by atoms with Gasteiger partial charge in [0.15, 0.2) is 0 Å². The van der Waals surface area contributed by atoms with Crippen molar-refractivity contribution in [2.24, 2.45) is 0 Å². The zero-order valence-electron chi connectivity index (χ0n) is 14.2. The minimum atomic E-state index is -0.141. The summed E-state index contributed by atoms with van der Waals surface area (Å²) in [5.41, 5.74) is 2.99. The number of aryl methyl sites for hydroxylation is 1. The highest BCUT2D eigenvalue weighted by molar-refractivity contribution is 8.00. The number of nitrogens with one attached hydrogen (secondary N) is 1. The Morgan fingerprint density at radius 3 is 2.64 bits per heavy atom. The van der Waals surface area contributed by atoms with Crippen LogP contribution in [-0.2, 0) is 9.59 Å². The summed E-state index contributed by atoms with van der Waals surface area (Å²) >= 11 is 1.26. The number of carbonyl (C=O) groups excluding carboxylic acids is 2. The molecule has 0 saturated heterocycles. The van der Waals surface area contributed by atoms with Crippen molar-refractivity contribution >= 4 is 35.0 Å². The summed E-state index contributed by atoms with van der Waals surface area (Å²) in [5, 5.41) is 11.7. The number of hydrogen-bond donors (Lipinski definition) is 1. The van der Waals surface area contributed by atoms with Gasteiger partial charge >= 0.3 is 0 Å². The molecule has 0 bridgehead atoms. The molecule has 2 aromatic rings. The van der Waals surface area contributed by atoms with Gasteiger partial charge in [-0.3, -0.25) is 9.59 Å². The van der Waals surface area contributed by atoms with Gasteiger partial charge in [-0.15, -0.1) is 11.8 Å². The molecule has 0 radical (unpaired) electrons. The molecular formula is C19H19N3O2S. The molecule has 2 amide bonds. The fourth-order valence-electron chi connectivity index (χ4n) is 2.18. The molecule has 0 aliphatic carbocycles. The van der Waals surface area contributed by atoms with Gasteiger partial charge in [0.05, 0.1) is 23.1 Å². The minimum absolute atomic E-state index is 0.122. The molecule has 0 unspecified atom stereocenters. The van der Waals surface area contributed by atoms with Gasteiger partial charge in [0.25, 0.3) is 0 Å². The number of nitrogens with zero attached hydrogens (tertiary/aromatic N) is 2. The van der Waals surface area contributed by atoms with Crippen molar-refractivity contribution in [1.82, 2.24) is 0 Å². The van der Waals surface area contributed by atoms with E-state index >= 15 is 0 Å². The molecule has 25 heavy (non-hydrogen) atoms. The Morgan fingerprint density at radius 2 is 1.92 bits per heavy atom. The van der Waals surface area contributed by atoms with Crippen LogP contribution in [0.25, 0.3) is 0 Å². The van der Waals surface area contributed by atoms with Gasteiger partial charge in [0.2, 0.25) is 11.8 Å². The van der Waals surface area contributed by atoms with Crippen molar-refractivity contribution in [2.45, 2.75) is 6.92 Å². The summed E-state index contributed by atoms with van der Waals surface area (Å²) in [5.74, 6) is 0.126. The highest BCUT2D eigenvalue weighted by Crippen LogP contribution is 2.16. The van der Waals surface area contributed by atoms with E-state index in [2.05, 4.69) is 11.4 Å². The molecule has 5 nitrogen and oxygen atoms in total. The molecule has 0 aliphatic heterocycles. The maximum absolute atomic E-state index is 12.2. The van der Waals surface area contributed by atoms with Crippen LogP contribution in [0.15, 0.2) is 48.5 Å². The molecule has 0 aliphatic rings.